The van der Waals surface area contributed by atoms with E-state index in [1.54, 1.807) is 72.8 Å². The third kappa shape index (κ3) is 7.04. The van der Waals surface area contributed by atoms with E-state index in [1.807, 2.05) is 0 Å². The van der Waals surface area contributed by atoms with Crippen molar-refractivity contribution in [1.82, 2.24) is 0 Å². The Labute approximate surface area is 240 Å². The van der Waals surface area contributed by atoms with Crippen molar-refractivity contribution in [2.75, 3.05) is 5.32 Å². The Morgan fingerprint density at radius 3 is 2.08 bits per heavy atom. The van der Waals surface area contributed by atoms with Crippen LogP contribution in [0.15, 0.2) is 108 Å². The number of carbonyl (C=O) groups excluding carboxylic acids is 3. The third-order valence-corrected chi connectivity index (χ3v) is 7.24. The van der Waals surface area contributed by atoms with Gasteiger partial charge in [-0.2, -0.15) is 0 Å². The van der Waals surface area contributed by atoms with E-state index in [9.17, 15) is 24.5 Å². The highest BCUT2D eigenvalue weighted by molar-refractivity contribution is 9.10. The van der Waals surface area contributed by atoms with Crippen LogP contribution in [-0.2, 0) is 4.74 Å². The number of esters is 1. The Hall–Kier alpha value is -4.15. The number of nitrogens with one attached hydrogen (secondary N) is 1. The summed E-state index contributed by atoms with van der Waals surface area (Å²) < 4.78 is 6.52. The Morgan fingerprint density at radius 2 is 1.44 bits per heavy atom. The van der Waals surface area contributed by atoms with Crippen LogP contribution in [0.3, 0.4) is 0 Å². The van der Waals surface area contributed by atoms with Crippen molar-refractivity contribution < 1.29 is 24.0 Å². The monoisotopic (exact) mass is 650 g/mol. The standard InChI is InChI=1S/C29H20Br2N2O6/c30-22-13-9-19(10-14-22)28(35)32-23-15-11-20(12-16-23)29(36)39-27(26(34)18-5-2-1-3-6-18)25(31)21-7-4-8-24(17-21)33(37)38/h1-17,25,27H,(H,32,35)/t25-,27-/m1/s1. The van der Waals surface area contributed by atoms with Gasteiger partial charge in [0.2, 0.25) is 5.78 Å². The van der Waals surface area contributed by atoms with Gasteiger partial charge in [-0.25, -0.2) is 4.79 Å². The fraction of sp³-hybridized carbons (Fsp3) is 0.0690. The number of hydrogen-bond donors (Lipinski definition) is 1. The first-order chi connectivity index (χ1) is 18.7. The van der Waals surface area contributed by atoms with Crippen molar-refractivity contribution in [2.24, 2.45) is 0 Å². The molecule has 4 rings (SSSR count). The molecule has 8 nitrogen and oxygen atoms in total. The molecule has 0 aliphatic rings. The number of nitro benzene ring substituents is 1. The molecule has 0 saturated carbocycles. The summed E-state index contributed by atoms with van der Waals surface area (Å²) in [5.74, 6) is -1.56. The van der Waals surface area contributed by atoms with Crippen LogP contribution in [0.2, 0.25) is 0 Å². The predicted molar refractivity (Wildman–Crippen MR) is 153 cm³/mol. The van der Waals surface area contributed by atoms with E-state index < -0.39 is 27.6 Å². The van der Waals surface area contributed by atoms with Gasteiger partial charge in [-0.1, -0.05) is 74.3 Å². The second-order valence-electron chi connectivity index (χ2n) is 8.35. The van der Waals surface area contributed by atoms with Crippen LogP contribution in [0.1, 0.15) is 41.5 Å². The number of non-ortho nitro benzene ring substituents is 1. The highest BCUT2D eigenvalue weighted by atomic mass is 79.9. The summed E-state index contributed by atoms with van der Waals surface area (Å²) in [6.45, 7) is 0. The van der Waals surface area contributed by atoms with Crippen molar-refractivity contribution in [1.29, 1.82) is 0 Å². The van der Waals surface area contributed by atoms with Gasteiger partial charge < -0.3 is 10.1 Å². The van der Waals surface area contributed by atoms with Crippen LogP contribution < -0.4 is 5.32 Å². The first-order valence-electron chi connectivity index (χ1n) is 11.6. The zero-order valence-electron chi connectivity index (χ0n) is 20.1. The van der Waals surface area contributed by atoms with Crippen molar-refractivity contribution in [3.05, 3.63) is 140 Å². The van der Waals surface area contributed by atoms with Gasteiger partial charge in [-0.3, -0.25) is 19.7 Å². The molecule has 0 saturated heterocycles. The number of amides is 1. The molecule has 0 heterocycles. The zero-order valence-corrected chi connectivity index (χ0v) is 23.3. The van der Waals surface area contributed by atoms with E-state index in [4.69, 9.17) is 4.74 Å². The maximum Gasteiger partial charge on any atom is 0.338 e. The van der Waals surface area contributed by atoms with Crippen molar-refractivity contribution in [3.8, 4) is 0 Å². The minimum Gasteiger partial charge on any atom is -0.449 e. The molecule has 2 atom stereocenters. The fourth-order valence-corrected chi connectivity index (χ4v) is 4.57. The van der Waals surface area contributed by atoms with E-state index in [-0.39, 0.29) is 17.2 Å². The van der Waals surface area contributed by atoms with E-state index in [0.717, 1.165) is 4.47 Å². The molecule has 196 valence electrons. The molecule has 0 spiro atoms. The summed E-state index contributed by atoms with van der Waals surface area (Å²) in [6, 6.07) is 27.0. The Balaban J connectivity index is 1.54. The molecular weight excluding hydrogens is 632 g/mol. The molecule has 39 heavy (non-hydrogen) atoms. The summed E-state index contributed by atoms with van der Waals surface area (Å²) in [7, 11) is 0. The second kappa shape index (κ2) is 12.6. The minimum atomic E-state index is -1.32. The number of rotatable bonds is 9. The lowest BCUT2D eigenvalue weighted by Crippen LogP contribution is -2.31. The van der Waals surface area contributed by atoms with Gasteiger partial charge in [0.15, 0.2) is 6.10 Å². The first-order valence-corrected chi connectivity index (χ1v) is 13.3. The van der Waals surface area contributed by atoms with Crippen LogP contribution in [0.4, 0.5) is 11.4 Å². The summed E-state index contributed by atoms with van der Waals surface area (Å²) >= 11 is 6.76. The highest BCUT2D eigenvalue weighted by Gasteiger charge is 2.33. The average molecular weight is 652 g/mol. The average Bonchev–Trinajstić information content (AvgIpc) is 2.96. The SMILES string of the molecule is O=C(Nc1ccc(C(=O)O[C@@H](C(=O)c2ccccc2)[C@H](Br)c2cccc([N+](=O)[O-])c2)cc1)c1ccc(Br)cc1. The molecule has 10 heteroatoms. The predicted octanol–water partition coefficient (Wildman–Crippen LogP) is 7.15. The smallest absolute Gasteiger partial charge is 0.338 e. The molecule has 0 aliphatic carbocycles. The van der Waals surface area contributed by atoms with Gasteiger partial charge in [-0.05, 0) is 54.1 Å². The minimum absolute atomic E-state index is 0.154. The first kappa shape index (κ1) is 27.9. The molecule has 0 fully saturated rings. The number of ether oxygens (including phenoxy) is 1. The van der Waals surface area contributed by atoms with Crippen LogP contribution in [0.5, 0.6) is 0 Å². The van der Waals surface area contributed by atoms with Crippen molar-refractivity contribution in [2.45, 2.75) is 10.9 Å². The molecule has 1 N–H and O–H groups in total. The zero-order chi connectivity index (χ0) is 27.9. The molecule has 0 bridgehead atoms. The summed E-state index contributed by atoms with van der Waals surface area (Å²) in [4.78, 5) is 48.8. The largest absolute Gasteiger partial charge is 0.449 e. The Bertz CT molecular complexity index is 1510. The van der Waals surface area contributed by atoms with Crippen LogP contribution in [0, 0.1) is 10.1 Å². The number of hydrogen-bond acceptors (Lipinski definition) is 6. The number of nitro groups is 1. The van der Waals surface area contributed by atoms with E-state index >= 15 is 0 Å². The lowest BCUT2D eigenvalue weighted by atomic mass is 9.99. The number of Topliss-reactive ketones (excluding diaryl/α,β-unsaturated/α-hetero) is 1. The van der Waals surface area contributed by atoms with Crippen molar-refractivity contribution in [3.63, 3.8) is 0 Å². The number of benzene rings is 4. The van der Waals surface area contributed by atoms with Crippen LogP contribution in [0.25, 0.3) is 0 Å². The topological polar surface area (TPSA) is 116 Å². The fourth-order valence-electron chi connectivity index (χ4n) is 3.68. The molecule has 1 amide bonds. The molecule has 0 radical (unpaired) electrons. The van der Waals surface area contributed by atoms with Gasteiger partial charge in [0.25, 0.3) is 11.6 Å². The Kier molecular flexibility index (Phi) is 9.00. The lowest BCUT2D eigenvalue weighted by molar-refractivity contribution is -0.384. The lowest BCUT2D eigenvalue weighted by Gasteiger charge is -2.22. The van der Waals surface area contributed by atoms with Gasteiger partial charge in [-0.15, -0.1) is 0 Å². The molecule has 4 aromatic carbocycles. The number of halogens is 2. The summed E-state index contributed by atoms with van der Waals surface area (Å²) in [5.41, 5.74) is 1.64. The van der Waals surface area contributed by atoms with Crippen molar-refractivity contribution >= 4 is 60.9 Å². The molecule has 0 aromatic heterocycles. The Morgan fingerprint density at radius 1 is 0.795 bits per heavy atom. The van der Waals surface area contributed by atoms with Crippen LogP contribution in [-0.4, -0.2) is 28.7 Å². The summed E-state index contributed by atoms with van der Waals surface area (Å²) in [6.07, 6.45) is -1.32. The van der Waals surface area contributed by atoms with Gasteiger partial charge >= 0.3 is 5.97 Å². The highest BCUT2D eigenvalue weighted by Crippen LogP contribution is 2.33. The second-order valence-corrected chi connectivity index (χ2v) is 10.3. The number of nitrogens with zero attached hydrogens (tertiary/aromatic N) is 1. The van der Waals surface area contributed by atoms with E-state index in [2.05, 4.69) is 37.2 Å². The van der Waals surface area contributed by atoms with Gasteiger partial charge in [0, 0.05) is 33.4 Å². The molecule has 0 aliphatic heterocycles. The van der Waals surface area contributed by atoms with Gasteiger partial charge in [0.1, 0.15) is 0 Å². The maximum atomic E-state index is 13.4. The maximum absolute atomic E-state index is 13.4. The van der Waals surface area contributed by atoms with E-state index in [1.165, 1.54) is 30.3 Å². The number of ketones is 1. The van der Waals surface area contributed by atoms with Gasteiger partial charge in [0.05, 0.1) is 15.3 Å². The normalized spacial score (nSPS) is 12.2. The number of anilines is 1. The molecular formula is C29H20Br2N2O6. The quantitative estimate of drug-likeness (QED) is 0.0675. The van der Waals surface area contributed by atoms with E-state index in [0.29, 0.717) is 22.4 Å². The molecule has 0 unspecified atom stereocenters. The third-order valence-electron chi connectivity index (χ3n) is 5.70. The molecule has 4 aromatic rings. The van der Waals surface area contributed by atoms with Crippen LogP contribution >= 0.6 is 31.9 Å². The number of alkyl halides is 1. The summed E-state index contributed by atoms with van der Waals surface area (Å²) in [5, 5.41) is 14.0. The number of carbonyl (C=O) groups is 3.